The Kier molecular flexibility index (Phi) is 3.80. The second-order valence-corrected chi connectivity index (χ2v) is 5.36. The summed E-state index contributed by atoms with van der Waals surface area (Å²) in [6.07, 6.45) is 3.07. The highest BCUT2D eigenvalue weighted by atomic mass is 32.2. The lowest BCUT2D eigenvalue weighted by Gasteiger charge is -2.02. The van der Waals surface area contributed by atoms with Crippen LogP contribution in [0.4, 0.5) is 0 Å². The largest absolute Gasteiger partial charge is 0.457 e. The van der Waals surface area contributed by atoms with Gasteiger partial charge in [0.25, 0.3) is 5.91 Å². The molecule has 0 saturated carbocycles. The maximum absolute atomic E-state index is 11.7. The number of amides is 1. The molecule has 2 heterocycles. The number of carbonyl (C=O) groups excluding carboxylic acids is 2. The molecular formula is C15H10N2O4S. The van der Waals surface area contributed by atoms with Crippen molar-refractivity contribution in [1.29, 1.82) is 0 Å². The van der Waals surface area contributed by atoms with E-state index < -0.39 is 5.97 Å². The van der Waals surface area contributed by atoms with Gasteiger partial charge in [0.05, 0.1) is 11.2 Å². The number of benzene rings is 1. The van der Waals surface area contributed by atoms with Gasteiger partial charge < -0.3 is 14.9 Å². The molecule has 1 aromatic heterocycles. The highest BCUT2D eigenvalue weighted by Crippen LogP contribution is 2.26. The van der Waals surface area contributed by atoms with E-state index in [1.54, 1.807) is 36.4 Å². The Bertz CT molecular complexity index is 776. The molecule has 3 rings (SSSR count). The summed E-state index contributed by atoms with van der Waals surface area (Å²) in [6.45, 7) is 0. The summed E-state index contributed by atoms with van der Waals surface area (Å²) in [6, 6.07) is 9.83. The third-order valence-corrected chi connectivity index (χ3v) is 3.56. The number of ether oxygens (including phenoxy) is 1. The summed E-state index contributed by atoms with van der Waals surface area (Å²) in [5, 5.41) is 0.236. The molecule has 2 aromatic rings. The van der Waals surface area contributed by atoms with E-state index in [-0.39, 0.29) is 16.8 Å². The van der Waals surface area contributed by atoms with Crippen LogP contribution < -0.4 is 10.5 Å². The number of thioether (sulfide) groups is 1. The summed E-state index contributed by atoms with van der Waals surface area (Å²) in [4.78, 5) is 27.3. The van der Waals surface area contributed by atoms with Crippen LogP contribution >= 0.6 is 11.8 Å². The first-order chi connectivity index (χ1) is 10.6. The predicted molar refractivity (Wildman–Crippen MR) is 82.3 cm³/mol. The van der Waals surface area contributed by atoms with Crippen LogP contribution in [-0.2, 0) is 4.79 Å². The topological polar surface area (TPSA) is 94.9 Å². The molecule has 1 aromatic carbocycles. The summed E-state index contributed by atoms with van der Waals surface area (Å²) in [7, 11) is 0. The molecule has 0 fully saturated rings. The van der Waals surface area contributed by atoms with Gasteiger partial charge >= 0.3 is 5.97 Å². The third-order valence-electron chi connectivity index (χ3n) is 2.75. The van der Waals surface area contributed by atoms with Crippen molar-refractivity contribution in [2.24, 2.45) is 10.7 Å². The normalized spacial score (nSPS) is 15.9. The molecule has 110 valence electrons. The Morgan fingerprint density at radius 1 is 1.27 bits per heavy atom. The van der Waals surface area contributed by atoms with Crippen molar-refractivity contribution in [2.75, 3.05) is 0 Å². The van der Waals surface area contributed by atoms with Crippen LogP contribution in [0.2, 0.25) is 0 Å². The number of hydrogen-bond acceptors (Lipinski definition) is 6. The van der Waals surface area contributed by atoms with Gasteiger partial charge in [0, 0.05) is 0 Å². The van der Waals surface area contributed by atoms with Gasteiger partial charge in [-0.3, -0.25) is 4.79 Å². The molecule has 22 heavy (non-hydrogen) atoms. The van der Waals surface area contributed by atoms with Gasteiger partial charge in [-0.2, -0.15) is 4.99 Å². The van der Waals surface area contributed by atoms with E-state index in [1.807, 2.05) is 0 Å². The van der Waals surface area contributed by atoms with E-state index in [9.17, 15) is 9.59 Å². The van der Waals surface area contributed by atoms with Crippen LogP contribution in [0.15, 0.2) is 57.0 Å². The number of hydrogen-bond donors (Lipinski definition) is 1. The van der Waals surface area contributed by atoms with Crippen LogP contribution in [0, 0.1) is 0 Å². The van der Waals surface area contributed by atoms with E-state index >= 15 is 0 Å². The molecule has 0 bridgehead atoms. The molecular weight excluding hydrogens is 304 g/mol. The van der Waals surface area contributed by atoms with E-state index in [2.05, 4.69) is 4.99 Å². The second-order valence-electron chi connectivity index (χ2n) is 4.30. The average molecular weight is 314 g/mol. The SMILES string of the molecule is NC1=NC(=O)/C(=C/c2ccc(OC(=O)c3ccco3)cc2)S1. The first-order valence-electron chi connectivity index (χ1n) is 6.25. The van der Waals surface area contributed by atoms with Crippen molar-refractivity contribution >= 4 is 34.9 Å². The molecule has 1 aliphatic rings. The van der Waals surface area contributed by atoms with Crippen molar-refractivity contribution in [3.63, 3.8) is 0 Å². The fourth-order valence-corrected chi connectivity index (χ4v) is 2.44. The van der Waals surface area contributed by atoms with E-state index in [0.29, 0.717) is 10.7 Å². The molecule has 0 saturated heterocycles. The molecule has 1 aliphatic heterocycles. The lowest BCUT2D eigenvalue weighted by molar-refractivity contribution is -0.113. The van der Waals surface area contributed by atoms with Gasteiger partial charge in [0.15, 0.2) is 5.17 Å². The fourth-order valence-electron chi connectivity index (χ4n) is 1.76. The summed E-state index contributed by atoms with van der Waals surface area (Å²) >= 11 is 1.12. The number of nitrogens with two attached hydrogens (primary N) is 1. The molecule has 0 atom stereocenters. The minimum absolute atomic E-state index is 0.131. The van der Waals surface area contributed by atoms with Gasteiger partial charge in [0.2, 0.25) is 5.76 Å². The first-order valence-corrected chi connectivity index (χ1v) is 7.07. The fraction of sp³-hybridized carbons (Fsp3) is 0. The number of nitrogens with zero attached hydrogens (tertiary/aromatic N) is 1. The van der Waals surface area contributed by atoms with Crippen LogP contribution in [0.25, 0.3) is 6.08 Å². The van der Waals surface area contributed by atoms with Crippen LogP contribution in [0.3, 0.4) is 0 Å². The summed E-state index contributed by atoms with van der Waals surface area (Å²) in [5.41, 5.74) is 6.26. The predicted octanol–water partition coefficient (Wildman–Crippen LogP) is 2.43. The zero-order valence-electron chi connectivity index (χ0n) is 11.2. The number of aliphatic imine (C=N–C) groups is 1. The Morgan fingerprint density at radius 2 is 2.05 bits per heavy atom. The molecule has 2 N–H and O–H groups in total. The zero-order chi connectivity index (χ0) is 15.5. The lowest BCUT2D eigenvalue weighted by Crippen LogP contribution is -2.06. The number of carbonyl (C=O) groups is 2. The maximum atomic E-state index is 11.7. The smallest absolute Gasteiger partial charge is 0.379 e. The molecule has 0 aliphatic carbocycles. The Morgan fingerprint density at radius 3 is 2.64 bits per heavy atom. The summed E-state index contributed by atoms with van der Waals surface area (Å²) < 4.78 is 10.1. The zero-order valence-corrected chi connectivity index (χ0v) is 12.0. The van der Waals surface area contributed by atoms with Gasteiger partial charge in [0.1, 0.15) is 5.75 Å². The summed E-state index contributed by atoms with van der Waals surface area (Å²) in [5.74, 6) is -0.411. The average Bonchev–Trinajstić information content (AvgIpc) is 3.12. The molecule has 1 amide bonds. The molecule has 0 spiro atoms. The van der Waals surface area contributed by atoms with E-state index in [1.165, 1.54) is 12.3 Å². The van der Waals surface area contributed by atoms with E-state index in [4.69, 9.17) is 14.9 Å². The van der Waals surface area contributed by atoms with Crippen LogP contribution in [-0.4, -0.2) is 17.0 Å². The molecule has 7 heteroatoms. The Balaban J connectivity index is 1.70. The van der Waals surface area contributed by atoms with Gasteiger partial charge in [-0.1, -0.05) is 12.1 Å². The van der Waals surface area contributed by atoms with Crippen molar-refractivity contribution in [1.82, 2.24) is 0 Å². The minimum Gasteiger partial charge on any atom is -0.457 e. The number of amidine groups is 1. The highest BCUT2D eigenvalue weighted by molar-refractivity contribution is 8.18. The molecule has 6 nitrogen and oxygen atoms in total. The highest BCUT2D eigenvalue weighted by Gasteiger charge is 2.19. The number of esters is 1. The lowest BCUT2D eigenvalue weighted by atomic mass is 10.2. The van der Waals surface area contributed by atoms with Crippen LogP contribution in [0.1, 0.15) is 16.1 Å². The monoisotopic (exact) mass is 314 g/mol. The van der Waals surface area contributed by atoms with Gasteiger partial charge in [-0.05, 0) is 47.7 Å². The van der Waals surface area contributed by atoms with E-state index in [0.717, 1.165) is 17.3 Å². The first kappa shape index (κ1) is 14.2. The molecule has 0 radical (unpaired) electrons. The van der Waals surface area contributed by atoms with Crippen LogP contribution in [0.5, 0.6) is 5.75 Å². The quantitative estimate of drug-likeness (QED) is 0.531. The van der Waals surface area contributed by atoms with Crippen molar-refractivity contribution in [3.05, 3.63) is 58.9 Å². The Hall–Kier alpha value is -2.80. The minimum atomic E-state index is -0.571. The van der Waals surface area contributed by atoms with Crippen molar-refractivity contribution in [2.45, 2.75) is 0 Å². The second kappa shape index (κ2) is 5.90. The maximum Gasteiger partial charge on any atom is 0.379 e. The van der Waals surface area contributed by atoms with Gasteiger partial charge in [-0.25, -0.2) is 4.79 Å². The Labute approximate surface area is 129 Å². The third kappa shape index (κ3) is 3.09. The van der Waals surface area contributed by atoms with Crippen molar-refractivity contribution in [3.8, 4) is 5.75 Å². The van der Waals surface area contributed by atoms with Crippen molar-refractivity contribution < 1.29 is 18.7 Å². The number of furan rings is 1. The number of rotatable bonds is 3. The standard InChI is InChI=1S/C15H10N2O4S/c16-15-17-13(18)12(22-15)8-9-3-5-10(6-4-9)21-14(19)11-2-1-7-20-11/h1-8H,(H2,16,17,18)/b12-8-. The molecule has 0 unspecified atom stereocenters. The van der Waals surface area contributed by atoms with Gasteiger partial charge in [-0.15, -0.1) is 0 Å².